The van der Waals surface area contributed by atoms with Gasteiger partial charge < -0.3 is 61.4 Å². The van der Waals surface area contributed by atoms with Crippen molar-refractivity contribution in [3.63, 3.8) is 0 Å². The van der Waals surface area contributed by atoms with Crippen LogP contribution in [-0.4, -0.2) is 59.7 Å². The first-order valence-electron chi connectivity index (χ1n) is 9.54. The number of aliphatic hydroxyl groups excluding tert-OH is 3. The second-order valence-corrected chi connectivity index (χ2v) is 7.25. The standard InChI is InChI=1S/2C10H12ClNO4.CH4O.2Cu.H2O/c2*11-7-1-2-9(14)6(3-7)4-12-8(5-13)10(15)16;1-2;;;/h2*1-3,8,12-14H,4-5H2,(H,15,16);2H,1H3;;;1H2/q;;;2*+2;/p-3/t2*8-;;;;/m00..../s1. The Balaban J connectivity index is -0.000000256. The molecule has 2 atom stereocenters. The van der Waals surface area contributed by atoms with Crippen molar-refractivity contribution in [2.45, 2.75) is 25.2 Å². The van der Waals surface area contributed by atoms with E-state index in [4.69, 9.17) is 38.5 Å². The maximum absolute atomic E-state index is 11.3. The van der Waals surface area contributed by atoms with Crippen LogP contribution in [0.1, 0.15) is 11.1 Å². The molecule has 8 N–H and O–H groups in total. The van der Waals surface area contributed by atoms with E-state index in [-0.39, 0.29) is 64.2 Å². The molecule has 2 rings (SSSR count). The summed E-state index contributed by atoms with van der Waals surface area (Å²) in [5.41, 5.74) is 0.680. The Labute approximate surface area is 244 Å². The number of aliphatic carboxylic acids is 2. The quantitative estimate of drug-likeness (QED) is 0.121. The molecule has 2 aromatic carbocycles. The average Bonchev–Trinajstić information content (AvgIpc) is 2.80. The number of carboxylic acid groups (broad SMARTS) is 2. The molecule has 216 valence electrons. The summed E-state index contributed by atoms with van der Waals surface area (Å²) < 4.78 is 0. The summed E-state index contributed by atoms with van der Waals surface area (Å²) in [6.07, 6.45) is 0. The third-order valence-electron chi connectivity index (χ3n) is 4.06. The molecule has 0 saturated heterocycles. The number of benzene rings is 2. The number of carbonyl (C=O) groups is 2. The number of carboxylic acids is 2. The van der Waals surface area contributed by atoms with Crippen molar-refractivity contribution in [3.8, 4) is 11.5 Å². The Kier molecular flexibility index (Phi) is 26.9. The Morgan fingerprint density at radius 1 is 0.784 bits per heavy atom. The van der Waals surface area contributed by atoms with E-state index in [1.807, 2.05) is 0 Å². The summed E-state index contributed by atoms with van der Waals surface area (Å²) in [6.45, 7) is -1.18. The Morgan fingerprint density at radius 2 is 1.08 bits per heavy atom. The minimum absolute atomic E-state index is 0. The molecule has 2 aromatic rings. The summed E-state index contributed by atoms with van der Waals surface area (Å²) in [5, 5.41) is 73.7. The fourth-order valence-corrected chi connectivity index (χ4v) is 2.67. The van der Waals surface area contributed by atoms with Crippen LogP contribution in [-0.2, 0) is 62.3 Å². The van der Waals surface area contributed by atoms with E-state index in [1.165, 1.54) is 36.4 Å². The molecule has 0 aliphatic heterocycles. The van der Waals surface area contributed by atoms with Crippen LogP contribution in [0.3, 0.4) is 0 Å². The number of hydrogen-bond donors (Lipinski definition) is 5. The number of rotatable bonds is 10. The molecule has 0 spiro atoms. The van der Waals surface area contributed by atoms with E-state index in [1.54, 1.807) is 0 Å². The van der Waals surface area contributed by atoms with Gasteiger partial charge in [0.25, 0.3) is 0 Å². The molecule has 0 heterocycles. The molecular formula is C21H27Cl2Cu2N2O10+. The van der Waals surface area contributed by atoms with E-state index in [9.17, 15) is 30.0 Å². The Morgan fingerprint density at radius 3 is 1.32 bits per heavy atom. The summed E-state index contributed by atoms with van der Waals surface area (Å²) >= 11 is 11.4. The molecule has 0 aromatic heterocycles. The van der Waals surface area contributed by atoms with Crippen LogP contribution in [0.15, 0.2) is 36.4 Å². The molecule has 0 aliphatic carbocycles. The van der Waals surface area contributed by atoms with E-state index in [2.05, 4.69) is 10.6 Å². The fourth-order valence-electron chi connectivity index (χ4n) is 2.28. The largest absolute Gasteiger partial charge is 2.00 e. The van der Waals surface area contributed by atoms with Crippen molar-refractivity contribution >= 4 is 35.1 Å². The van der Waals surface area contributed by atoms with Crippen LogP contribution in [0, 0.1) is 0 Å². The third-order valence-corrected chi connectivity index (χ3v) is 4.53. The van der Waals surface area contributed by atoms with Gasteiger partial charge in [0.15, 0.2) is 0 Å². The fraction of sp³-hybridized carbons (Fsp3) is 0.333. The topological polar surface area (TPSA) is 244 Å². The molecule has 2 radical (unpaired) electrons. The first kappa shape index (κ1) is 42.4. The zero-order valence-electron chi connectivity index (χ0n) is 19.2. The molecule has 37 heavy (non-hydrogen) atoms. The van der Waals surface area contributed by atoms with Gasteiger partial charge in [-0.1, -0.05) is 35.3 Å². The SMILES string of the molecule is CO.O=C([O-])[C@H](CO)NCc1cc(Cl)ccc1[O-].O=C([O-])[C@H](CO)NCc1cc(Cl)ccc1[O-].[Cu+2].[Cu+2].[OH3+]. The van der Waals surface area contributed by atoms with Gasteiger partial charge in [0, 0.05) is 30.2 Å². The molecule has 12 nitrogen and oxygen atoms in total. The van der Waals surface area contributed by atoms with Crippen molar-refractivity contribution in [3.05, 3.63) is 57.6 Å². The number of hydrogen-bond acceptors (Lipinski definition) is 11. The molecule has 0 bridgehead atoms. The summed E-state index contributed by atoms with van der Waals surface area (Å²) in [4.78, 5) is 20.9. The predicted octanol–water partition coefficient (Wildman–Crippen LogP) is -4.09. The molecule has 0 aliphatic rings. The van der Waals surface area contributed by atoms with Crippen LogP contribution in [0.5, 0.6) is 11.5 Å². The van der Waals surface area contributed by atoms with Gasteiger partial charge in [-0.25, -0.2) is 0 Å². The maximum Gasteiger partial charge on any atom is 2.00 e. The van der Waals surface area contributed by atoms with Crippen LogP contribution in [0.25, 0.3) is 0 Å². The molecule has 0 fully saturated rings. The molecule has 0 saturated carbocycles. The van der Waals surface area contributed by atoms with Crippen LogP contribution in [0.2, 0.25) is 10.0 Å². The van der Waals surface area contributed by atoms with Gasteiger partial charge in [0.2, 0.25) is 0 Å². The van der Waals surface area contributed by atoms with Crippen molar-refractivity contribution in [2.75, 3.05) is 20.3 Å². The Hall–Kier alpha value is -1.64. The van der Waals surface area contributed by atoms with E-state index in [0.717, 1.165) is 7.11 Å². The maximum atomic E-state index is 11.3. The monoisotopic (exact) mass is 663 g/mol. The van der Waals surface area contributed by atoms with Crippen molar-refractivity contribution in [1.82, 2.24) is 10.6 Å². The number of halogens is 2. The number of nitrogens with one attached hydrogen (secondary N) is 2. The first-order chi connectivity index (χ1) is 16.1. The van der Waals surface area contributed by atoms with Gasteiger partial charge in [0.1, 0.15) is 0 Å². The van der Waals surface area contributed by atoms with Crippen molar-refractivity contribution in [1.29, 1.82) is 0 Å². The van der Waals surface area contributed by atoms with E-state index < -0.39 is 37.2 Å². The number of carbonyl (C=O) groups excluding carboxylic acids is 2. The molecule has 0 unspecified atom stereocenters. The normalized spacial score (nSPS) is 10.9. The summed E-state index contributed by atoms with van der Waals surface area (Å²) in [7, 11) is 1.00. The Bertz CT molecular complexity index is 855. The smallest absolute Gasteiger partial charge is 0.872 e. The second-order valence-electron chi connectivity index (χ2n) is 6.37. The zero-order chi connectivity index (χ0) is 26.3. The van der Waals surface area contributed by atoms with Crippen LogP contribution >= 0.6 is 23.2 Å². The third kappa shape index (κ3) is 16.7. The van der Waals surface area contributed by atoms with Gasteiger partial charge >= 0.3 is 34.1 Å². The molecular weight excluding hydrogens is 638 g/mol. The first-order valence-corrected chi connectivity index (χ1v) is 10.3. The van der Waals surface area contributed by atoms with E-state index in [0.29, 0.717) is 21.2 Å². The van der Waals surface area contributed by atoms with E-state index >= 15 is 0 Å². The van der Waals surface area contributed by atoms with Gasteiger partial charge in [-0.2, -0.15) is 0 Å². The minimum Gasteiger partial charge on any atom is -0.872 e. The number of aliphatic hydroxyl groups is 3. The second kappa shape index (κ2) is 23.5. The van der Waals surface area contributed by atoms with Crippen molar-refractivity contribution in [2.24, 2.45) is 0 Å². The molecule has 16 heteroatoms. The predicted molar refractivity (Wildman–Crippen MR) is 120 cm³/mol. The van der Waals surface area contributed by atoms with Crippen LogP contribution < -0.4 is 31.1 Å². The summed E-state index contributed by atoms with van der Waals surface area (Å²) in [6, 6.07) is 6.00. The van der Waals surface area contributed by atoms with Gasteiger partial charge in [-0.3, -0.25) is 0 Å². The molecule has 0 amide bonds. The zero-order valence-corrected chi connectivity index (χ0v) is 22.6. The van der Waals surface area contributed by atoms with Gasteiger partial charge in [-0.15, -0.1) is 11.5 Å². The van der Waals surface area contributed by atoms with Crippen molar-refractivity contribution < 1.29 is 84.9 Å². The summed E-state index contributed by atoms with van der Waals surface area (Å²) in [5.74, 6) is -3.33. The van der Waals surface area contributed by atoms with Crippen LogP contribution in [0.4, 0.5) is 0 Å². The minimum atomic E-state index is -1.42. The average molecular weight is 665 g/mol. The van der Waals surface area contributed by atoms with Gasteiger partial charge in [-0.05, 0) is 35.4 Å². The van der Waals surface area contributed by atoms with Gasteiger partial charge in [0.05, 0.1) is 37.2 Å².